The zero-order chi connectivity index (χ0) is 14.3. The fraction of sp³-hybridized carbons (Fsp3) is 0.556. The molecule has 0 saturated carbocycles. The van der Waals surface area contributed by atoms with Crippen LogP contribution in [0.25, 0.3) is 0 Å². The van der Waals surface area contributed by atoms with Crippen LogP contribution in [0.1, 0.15) is 37.7 Å². The number of terminal acetylenes is 1. The van der Waals surface area contributed by atoms with Gasteiger partial charge in [-0.25, -0.2) is 0 Å². The van der Waals surface area contributed by atoms with E-state index < -0.39 is 0 Å². The first-order chi connectivity index (χ1) is 9.83. The van der Waals surface area contributed by atoms with Crippen molar-refractivity contribution in [3.8, 4) is 12.3 Å². The molecule has 0 radical (unpaired) electrons. The predicted octanol–water partition coefficient (Wildman–Crippen LogP) is 3.13. The number of hydrogen-bond acceptors (Lipinski definition) is 2. The molecule has 0 spiro atoms. The number of unbranched alkanes of at least 4 members (excludes halogenated alkanes) is 1. The average Bonchev–Trinajstić information content (AvgIpc) is 2.53. The van der Waals surface area contributed by atoms with E-state index in [1.54, 1.807) is 0 Å². The third kappa shape index (κ3) is 3.23. The molecule has 0 amide bonds. The lowest BCUT2D eigenvalue weighted by Crippen LogP contribution is -2.50. The van der Waals surface area contributed by atoms with E-state index in [1.807, 2.05) is 0 Å². The van der Waals surface area contributed by atoms with Crippen molar-refractivity contribution in [1.82, 2.24) is 5.32 Å². The summed E-state index contributed by atoms with van der Waals surface area (Å²) < 4.78 is 5.61. The van der Waals surface area contributed by atoms with E-state index >= 15 is 0 Å². The molecule has 1 unspecified atom stereocenters. The second-order valence-corrected chi connectivity index (χ2v) is 5.57. The highest BCUT2D eigenvalue weighted by Gasteiger charge is 2.40. The van der Waals surface area contributed by atoms with Gasteiger partial charge in [0.2, 0.25) is 0 Å². The van der Waals surface area contributed by atoms with Gasteiger partial charge in [0.1, 0.15) is 0 Å². The summed E-state index contributed by atoms with van der Waals surface area (Å²) in [5.41, 5.74) is 1.62. The quantitative estimate of drug-likeness (QED) is 0.634. The molecule has 20 heavy (non-hydrogen) atoms. The van der Waals surface area contributed by atoms with Crippen molar-refractivity contribution in [2.75, 3.05) is 20.3 Å². The average molecular weight is 271 g/mol. The summed E-state index contributed by atoms with van der Waals surface area (Å²) in [6.45, 7) is 1.70. The fourth-order valence-corrected chi connectivity index (χ4v) is 3.45. The van der Waals surface area contributed by atoms with Crippen molar-refractivity contribution in [3.63, 3.8) is 0 Å². The van der Waals surface area contributed by atoms with Crippen LogP contribution >= 0.6 is 0 Å². The van der Waals surface area contributed by atoms with Gasteiger partial charge in [-0.1, -0.05) is 30.3 Å². The Balaban J connectivity index is 2.23. The van der Waals surface area contributed by atoms with Gasteiger partial charge in [-0.15, -0.1) is 12.3 Å². The molecule has 0 aromatic heterocycles. The first-order valence-corrected chi connectivity index (χ1v) is 7.57. The molecule has 2 rings (SSSR count). The van der Waals surface area contributed by atoms with Crippen LogP contribution in [0.2, 0.25) is 0 Å². The Bertz CT molecular complexity index is 428. The molecule has 0 bridgehead atoms. The van der Waals surface area contributed by atoms with E-state index in [0.717, 1.165) is 45.3 Å². The molecular weight excluding hydrogens is 246 g/mol. The topological polar surface area (TPSA) is 21.3 Å². The van der Waals surface area contributed by atoms with Crippen LogP contribution in [0.15, 0.2) is 30.3 Å². The highest BCUT2D eigenvalue weighted by atomic mass is 16.5. The lowest BCUT2D eigenvalue weighted by atomic mass is 9.67. The van der Waals surface area contributed by atoms with Gasteiger partial charge in [-0.3, -0.25) is 0 Å². The van der Waals surface area contributed by atoms with E-state index in [9.17, 15) is 0 Å². The van der Waals surface area contributed by atoms with Crippen LogP contribution in [0.4, 0.5) is 0 Å². The largest absolute Gasteiger partial charge is 0.381 e. The molecule has 1 aromatic rings. The van der Waals surface area contributed by atoms with Crippen molar-refractivity contribution >= 4 is 0 Å². The van der Waals surface area contributed by atoms with Gasteiger partial charge in [-0.2, -0.15) is 0 Å². The van der Waals surface area contributed by atoms with Crippen molar-refractivity contribution in [1.29, 1.82) is 0 Å². The minimum Gasteiger partial charge on any atom is -0.381 e. The third-order valence-corrected chi connectivity index (χ3v) is 4.56. The molecule has 108 valence electrons. The molecule has 1 fully saturated rings. The SMILES string of the molecule is C#CCCCC(NC)C1(c2ccccc2)CCOCC1. The highest BCUT2D eigenvalue weighted by Crippen LogP contribution is 2.39. The first kappa shape index (κ1) is 15.1. The highest BCUT2D eigenvalue weighted by molar-refractivity contribution is 5.28. The lowest BCUT2D eigenvalue weighted by molar-refractivity contribution is 0.0339. The number of hydrogen-bond donors (Lipinski definition) is 1. The zero-order valence-corrected chi connectivity index (χ0v) is 12.4. The van der Waals surface area contributed by atoms with Crippen LogP contribution in [-0.4, -0.2) is 26.3 Å². The van der Waals surface area contributed by atoms with Gasteiger partial charge in [0, 0.05) is 31.1 Å². The third-order valence-electron chi connectivity index (χ3n) is 4.56. The van der Waals surface area contributed by atoms with E-state index in [-0.39, 0.29) is 5.41 Å². The summed E-state index contributed by atoms with van der Waals surface area (Å²) in [5, 5.41) is 3.55. The van der Waals surface area contributed by atoms with Crippen LogP contribution in [-0.2, 0) is 10.2 Å². The summed E-state index contributed by atoms with van der Waals surface area (Å²) in [5.74, 6) is 2.75. The summed E-state index contributed by atoms with van der Waals surface area (Å²) in [6.07, 6.45) is 10.6. The molecule has 1 N–H and O–H groups in total. The second-order valence-electron chi connectivity index (χ2n) is 5.57. The van der Waals surface area contributed by atoms with E-state index in [4.69, 9.17) is 11.2 Å². The first-order valence-electron chi connectivity index (χ1n) is 7.57. The fourth-order valence-electron chi connectivity index (χ4n) is 3.45. The van der Waals surface area contributed by atoms with Crippen LogP contribution in [0, 0.1) is 12.3 Å². The molecule has 1 aliphatic rings. The Morgan fingerprint density at radius 3 is 2.60 bits per heavy atom. The maximum Gasteiger partial charge on any atom is 0.0475 e. The van der Waals surface area contributed by atoms with Crippen molar-refractivity contribution in [3.05, 3.63) is 35.9 Å². The molecule has 1 heterocycles. The monoisotopic (exact) mass is 271 g/mol. The standard InChI is InChI=1S/C18H25NO/c1-3-4-6-11-17(19-2)18(12-14-20-15-13-18)16-9-7-5-8-10-16/h1,5,7-10,17,19H,4,6,11-15H2,2H3. The van der Waals surface area contributed by atoms with Gasteiger partial charge >= 0.3 is 0 Å². The molecule has 2 heteroatoms. The number of likely N-dealkylation sites (N-methyl/N-ethyl adjacent to an activating group) is 1. The van der Waals surface area contributed by atoms with E-state index in [0.29, 0.717) is 6.04 Å². The lowest BCUT2D eigenvalue weighted by Gasteiger charge is -2.44. The van der Waals surface area contributed by atoms with Crippen LogP contribution < -0.4 is 5.32 Å². The van der Waals surface area contributed by atoms with Gasteiger partial charge in [0.25, 0.3) is 0 Å². The predicted molar refractivity (Wildman–Crippen MR) is 83.7 cm³/mol. The molecular formula is C18H25NO. The van der Waals surface area contributed by atoms with Crippen molar-refractivity contribution in [2.45, 2.75) is 43.6 Å². The Morgan fingerprint density at radius 1 is 1.30 bits per heavy atom. The smallest absolute Gasteiger partial charge is 0.0475 e. The Morgan fingerprint density at radius 2 is 2.00 bits per heavy atom. The van der Waals surface area contributed by atoms with Gasteiger partial charge in [-0.05, 0) is 38.3 Å². The maximum atomic E-state index is 5.61. The minimum absolute atomic E-state index is 0.183. The summed E-state index contributed by atoms with van der Waals surface area (Å²) in [4.78, 5) is 0. The number of ether oxygens (including phenoxy) is 1. The van der Waals surface area contributed by atoms with Gasteiger partial charge in [0.15, 0.2) is 0 Å². The summed E-state index contributed by atoms with van der Waals surface area (Å²) in [7, 11) is 2.07. The van der Waals surface area contributed by atoms with Crippen LogP contribution in [0.3, 0.4) is 0 Å². The molecule has 1 saturated heterocycles. The summed E-state index contributed by atoms with van der Waals surface area (Å²) in [6, 6.07) is 11.3. The number of benzene rings is 1. The van der Waals surface area contributed by atoms with E-state index in [1.165, 1.54) is 5.56 Å². The molecule has 2 nitrogen and oxygen atoms in total. The van der Waals surface area contributed by atoms with Gasteiger partial charge < -0.3 is 10.1 Å². The molecule has 1 atom stereocenters. The Hall–Kier alpha value is -1.30. The minimum atomic E-state index is 0.183. The zero-order valence-electron chi connectivity index (χ0n) is 12.4. The normalized spacial score (nSPS) is 19.2. The van der Waals surface area contributed by atoms with Crippen molar-refractivity contribution in [2.24, 2.45) is 0 Å². The Kier molecular flexibility index (Phi) is 5.64. The number of nitrogens with one attached hydrogen (secondary N) is 1. The second kappa shape index (κ2) is 7.47. The number of rotatable bonds is 6. The van der Waals surface area contributed by atoms with Crippen molar-refractivity contribution < 1.29 is 4.74 Å². The van der Waals surface area contributed by atoms with Crippen LogP contribution in [0.5, 0.6) is 0 Å². The molecule has 0 aliphatic carbocycles. The van der Waals surface area contributed by atoms with Gasteiger partial charge in [0.05, 0.1) is 0 Å². The Labute approximate surface area is 122 Å². The van der Waals surface area contributed by atoms with E-state index in [2.05, 4.69) is 48.6 Å². The maximum absolute atomic E-state index is 5.61. The molecule has 1 aromatic carbocycles. The molecule has 1 aliphatic heterocycles. The summed E-state index contributed by atoms with van der Waals surface area (Å²) >= 11 is 0.